The summed E-state index contributed by atoms with van der Waals surface area (Å²) in [6.45, 7) is 6.65. The van der Waals surface area contributed by atoms with Gasteiger partial charge in [-0.05, 0) is 44.6 Å². The molecule has 2 aromatic rings. The minimum atomic E-state index is -0.272. The van der Waals surface area contributed by atoms with Crippen molar-refractivity contribution in [3.63, 3.8) is 0 Å². The first kappa shape index (κ1) is 18.5. The number of aromatic nitrogens is 2. The lowest BCUT2D eigenvalue weighted by Gasteiger charge is -2.18. The molecule has 5 nitrogen and oxygen atoms in total. The fourth-order valence-electron chi connectivity index (χ4n) is 3.35. The van der Waals surface area contributed by atoms with Crippen LogP contribution < -0.4 is 5.56 Å². The number of fused-ring (bicyclic) bond motifs is 3. The second-order valence-corrected chi connectivity index (χ2v) is 9.36. The Bertz CT molecular complexity index is 869. The summed E-state index contributed by atoms with van der Waals surface area (Å²) in [5.74, 6) is 0.696. The zero-order chi connectivity index (χ0) is 18.3. The molecule has 3 rings (SSSR count). The number of rotatable bonds is 4. The van der Waals surface area contributed by atoms with E-state index in [1.165, 1.54) is 22.2 Å². The SMILES string of the molecule is CCn1c(S[C@H](C)C(=O)N(C)C)nc2sc3c(c2c1=O)CC[C@@H](C)C3. The van der Waals surface area contributed by atoms with Crippen molar-refractivity contribution in [2.24, 2.45) is 5.92 Å². The largest absolute Gasteiger partial charge is 0.348 e. The maximum Gasteiger partial charge on any atom is 0.263 e. The van der Waals surface area contributed by atoms with Crippen LogP contribution in [-0.2, 0) is 24.2 Å². The predicted molar refractivity (Wildman–Crippen MR) is 105 cm³/mol. The van der Waals surface area contributed by atoms with Crippen molar-refractivity contribution in [1.82, 2.24) is 14.5 Å². The van der Waals surface area contributed by atoms with Crippen molar-refractivity contribution in [3.05, 3.63) is 20.8 Å². The van der Waals surface area contributed by atoms with Gasteiger partial charge in [0.05, 0.1) is 10.6 Å². The summed E-state index contributed by atoms with van der Waals surface area (Å²) in [5.41, 5.74) is 1.26. The molecular weight excluding hydrogens is 354 g/mol. The summed E-state index contributed by atoms with van der Waals surface area (Å²) in [6.07, 6.45) is 3.15. The number of amides is 1. The molecule has 136 valence electrons. The van der Waals surface area contributed by atoms with Crippen molar-refractivity contribution in [2.75, 3.05) is 14.1 Å². The van der Waals surface area contributed by atoms with Crippen molar-refractivity contribution in [2.45, 2.75) is 57.0 Å². The third-order valence-corrected chi connectivity index (χ3v) is 6.99. The topological polar surface area (TPSA) is 55.2 Å². The van der Waals surface area contributed by atoms with Gasteiger partial charge in [0.1, 0.15) is 4.83 Å². The van der Waals surface area contributed by atoms with Gasteiger partial charge in [-0.15, -0.1) is 11.3 Å². The number of thioether (sulfide) groups is 1. The van der Waals surface area contributed by atoms with E-state index < -0.39 is 0 Å². The molecule has 2 heterocycles. The van der Waals surface area contributed by atoms with E-state index in [0.717, 1.165) is 29.5 Å². The second-order valence-electron chi connectivity index (χ2n) is 6.97. The minimum Gasteiger partial charge on any atom is -0.348 e. The van der Waals surface area contributed by atoms with Crippen LogP contribution in [0.25, 0.3) is 10.2 Å². The van der Waals surface area contributed by atoms with Crippen LogP contribution in [-0.4, -0.2) is 39.7 Å². The Morgan fingerprint density at radius 2 is 2.20 bits per heavy atom. The number of nitrogens with zero attached hydrogens (tertiary/aromatic N) is 3. The van der Waals surface area contributed by atoms with Crippen LogP contribution in [0.2, 0.25) is 0 Å². The average molecular weight is 380 g/mol. The summed E-state index contributed by atoms with van der Waals surface area (Å²) in [4.78, 5) is 33.8. The predicted octanol–water partition coefficient (Wildman–Crippen LogP) is 3.17. The summed E-state index contributed by atoms with van der Waals surface area (Å²) in [7, 11) is 3.49. The van der Waals surface area contributed by atoms with Gasteiger partial charge in [0.25, 0.3) is 5.56 Å². The number of aryl methyl sites for hydroxylation is 1. The van der Waals surface area contributed by atoms with Crippen molar-refractivity contribution in [3.8, 4) is 0 Å². The highest BCUT2D eigenvalue weighted by molar-refractivity contribution is 8.00. The van der Waals surface area contributed by atoms with Crippen LogP contribution in [0, 0.1) is 5.92 Å². The van der Waals surface area contributed by atoms with Crippen LogP contribution in [0.5, 0.6) is 0 Å². The van der Waals surface area contributed by atoms with Crippen molar-refractivity contribution < 1.29 is 4.79 Å². The lowest BCUT2D eigenvalue weighted by molar-refractivity contribution is -0.127. The van der Waals surface area contributed by atoms with E-state index in [2.05, 4.69) is 6.92 Å². The van der Waals surface area contributed by atoms with Crippen LogP contribution in [0.3, 0.4) is 0 Å². The number of hydrogen-bond acceptors (Lipinski definition) is 5. The highest BCUT2D eigenvalue weighted by Gasteiger charge is 2.26. The summed E-state index contributed by atoms with van der Waals surface area (Å²) in [6, 6.07) is 0. The van der Waals surface area contributed by atoms with Gasteiger partial charge in [-0.3, -0.25) is 14.2 Å². The van der Waals surface area contributed by atoms with Gasteiger partial charge in [0, 0.05) is 25.5 Å². The third kappa shape index (κ3) is 3.36. The number of carbonyl (C=O) groups is 1. The molecule has 2 atom stereocenters. The Balaban J connectivity index is 2.08. The molecule has 0 unspecified atom stereocenters. The third-order valence-electron chi connectivity index (χ3n) is 4.77. The molecule has 0 radical (unpaired) electrons. The van der Waals surface area contributed by atoms with Crippen LogP contribution in [0.4, 0.5) is 0 Å². The Morgan fingerprint density at radius 1 is 1.48 bits per heavy atom. The number of hydrogen-bond donors (Lipinski definition) is 0. The molecule has 0 saturated heterocycles. The maximum atomic E-state index is 13.1. The maximum absolute atomic E-state index is 13.1. The molecular formula is C18H25N3O2S2. The van der Waals surface area contributed by atoms with Gasteiger partial charge in [0.15, 0.2) is 5.16 Å². The summed E-state index contributed by atoms with van der Waals surface area (Å²) >= 11 is 3.03. The quantitative estimate of drug-likeness (QED) is 0.605. The molecule has 0 spiro atoms. The number of thiophene rings is 1. The van der Waals surface area contributed by atoms with E-state index in [1.807, 2.05) is 13.8 Å². The van der Waals surface area contributed by atoms with Gasteiger partial charge in [-0.25, -0.2) is 4.98 Å². The molecule has 0 aliphatic heterocycles. The van der Waals surface area contributed by atoms with Gasteiger partial charge in [0.2, 0.25) is 5.91 Å². The molecule has 0 bridgehead atoms. The first-order chi connectivity index (χ1) is 11.8. The van der Waals surface area contributed by atoms with Crippen LogP contribution >= 0.6 is 23.1 Å². The molecule has 0 N–H and O–H groups in total. The molecule has 1 aliphatic rings. The Labute approximate surface area is 156 Å². The lowest BCUT2D eigenvalue weighted by Crippen LogP contribution is -2.31. The Morgan fingerprint density at radius 3 is 2.84 bits per heavy atom. The zero-order valence-electron chi connectivity index (χ0n) is 15.5. The normalized spacial score (nSPS) is 18.2. The van der Waals surface area contributed by atoms with Crippen molar-refractivity contribution in [1.29, 1.82) is 0 Å². The average Bonchev–Trinajstić information content (AvgIpc) is 2.91. The molecule has 25 heavy (non-hydrogen) atoms. The fraction of sp³-hybridized carbons (Fsp3) is 0.611. The van der Waals surface area contributed by atoms with Gasteiger partial charge in [-0.1, -0.05) is 18.7 Å². The summed E-state index contributed by atoms with van der Waals surface area (Å²) < 4.78 is 1.72. The molecule has 0 saturated carbocycles. The highest BCUT2D eigenvalue weighted by atomic mass is 32.2. The van der Waals surface area contributed by atoms with Crippen LogP contribution in [0.15, 0.2) is 9.95 Å². The molecule has 0 fully saturated rings. The molecule has 2 aromatic heterocycles. The van der Waals surface area contributed by atoms with Crippen LogP contribution in [0.1, 0.15) is 37.6 Å². The van der Waals surface area contributed by atoms with Gasteiger partial charge >= 0.3 is 0 Å². The minimum absolute atomic E-state index is 0.0290. The first-order valence-electron chi connectivity index (χ1n) is 8.76. The number of carbonyl (C=O) groups excluding carboxylic acids is 1. The van der Waals surface area contributed by atoms with E-state index in [0.29, 0.717) is 17.6 Å². The zero-order valence-corrected chi connectivity index (χ0v) is 17.1. The first-order valence-corrected chi connectivity index (χ1v) is 10.5. The molecule has 0 aromatic carbocycles. The highest BCUT2D eigenvalue weighted by Crippen LogP contribution is 2.36. The van der Waals surface area contributed by atoms with E-state index in [1.54, 1.807) is 34.9 Å². The Hall–Kier alpha value is -1.34. The second kappa shape index (κ2) is 7.11. The standard InChI is InChI=1S/C18H25N3O2S2/c1-6-21-17(23)14-12-8-7-10(2)9-13(12)25-15(14)19-18(21)24-11(3)16(22)20(4)5/h10-11H,6-9H2,1-5H3/t10-,11-/m1/s1. The van der Waals surface area contributed by atoms with E-state index in [-0.39, 0.29) is 16.7 Å². The van der Waals surface area contributed by atoms with Crippen molar-refractivity contribution >= 4 is 39.2 Å². The van der Waals surface area contributed by atoms with E-state index in [9.17, 15) is 9.59 Å². The summed E-state index contributed by atoms with van der Waals surface area (Å²) in [5, 5.41) is 1.19. The van der Waals surface area contributed by atoms with E-state index >= 15 is 0 Å². The Kier molecular flexibility index (Phi) is 5.25. The van der Waals surface area contributed by atoms with Gasteiger partial charge < -0.3 is 4.90 Å². The van der Waals surface area contributed by atoms with Gasteiger partial charge in [-0.2, -0.15) is 0 Å². The molecule has 7 heteroatoms. The smallest absolute Gasteiger partial charge is 0.263 e. The monoisotopic (exact) mass is 379 g/mol. The molecule has 1 aliphatic carbocycles. The fourth-order valence-corrected chi connectivity index (χ4v) is 5.89. The van der Waals surface area contributed by atoms with E-state index in [4.69, 9.17) is 4.98 Å². The molecule has 1 amide bonds. The lowest BCUT2D eigenvalue weighted by atomic mass is 9.89.